The Morgan fingerprint density at radius 2 is 1.70 bits per heavy atom. The number of ether oxygens (including phenoxy) is 1. The summed E-state index contributed by atoms with van der Waals surface area (Å²) >= 11 is 0. The molecule has 0 atom stereocenters. The standard InChI is InChI=1S/C33H33FN6O5S2/c34-27-11-8-22(19-26(27)31(42)39-15-13-38(14-16-39)30(41)23-9-10-23)20-28-24-5-1-2-6-25(24)32(43)40(37-28)21-36-33(44)45-17-18-46-47-29-7-3-4-12-35-29/h1-8,11-12,19,23H,9-10,13-18,20-21H2,(H,36,44). The molecule has 0 unspecified atom stereocenters. The van der Waals surface area contributed by atoms with Crippen LogP contribution in [0, 0.1) is 11.7 Å². The average molecular weight is 677 g/mol. The number of hydrogen-bond acceptors (Lipinski definition) is 9. The number of pyridine rings is 1. The van der Waals surface area contributed by atoms with Gasteiger partial charge in [-0.25, -0.2) is 18.9 Å². The Bertz CT molecular complexity index is 1830. The lowest BCUT2D eigenvalue weighted by Crippen LogP contribution is -2.51. The van der Waals surface area contributed by atoms with Gasteiger partial charge in [0.1, 0.15) is 24.1 Å². The molecule has 11 nitrogen and oxygen atoms in total. The molecule has 244 valence electrons. The average Bonchev–Trinajstić information content (AvgIpc) is 3.95. The highest BCUT2D eigenvalue weighted by atomic mass is 33.1. The van der Waals surface area contributed by atoms with Crippen LogP contribution in [0.25, 0.3) is 10.8 Å². The quantitative estimate of drug-likeness (QED) is 0.182. The maximum atomic E-state index is 15.0. The largest absolute Gasteiger partial charge is 0.449 e. The third-order valence-electron chi connectivity index (χ3n) is 7.94. The van der Waals surface area contributed by atoms with Crippen molar-refractivity contribution in [2.45, 2.75) is 31.0 Å². The van der Waals surface area contributed by atoms with Gasteiger partial charge in [-0.1, -0.05) is 41.1 Å². The minimum atomic E-state index is -0.684. The van der Waals surface area contributed by atoms with E-state index in [9.17, 15) is 23.6 Å². The Balaban J connectivity index is 1.09. The highest BCUT2D eigenvalue weighted by Gasteiger charge is 2.35. The van der Waals surface area contributed by atoms with E-state index in [-0.39, 0.29) is 42.6 Å². The monoisotopic (exact) mass is 676 g/mol. The van der Waals surface area contributed by atoms with Crippen LogP contribution in [0.4, 0.5) is 9.18 Å². The molecular formula is C33H33FN6O5S2. The first-order valence-corrected chi connectivity index (χ1v) is 17.7. The second-order valence-corrected chi connectivity index (χ2v) is 13.7. The maximum Gasteiger partial charge on any atom is 0.408 e. The van der Waals surface area contributed by atoms with Crippen molar-refractivity contribution in [2.24, 2.45) is 5.92 Å². The number of alkyl carbamates (subject to hydrolysis) is 1. The van der Waals surface area contributed by atoms with E-state index in [1.54, 1.807) is 46.3 Å². The first-order valence-electron chi connectivity index (χ1n) is 15.3. The summed E-state index contributed by atoms with van der Waals surface area (Å²) in [5.41, 5.74) is 0.716. The van der Waals surface area contributed by atoms with Crippen molar-refractivity contribution in [2.75, 3.05) is 38.5 Å². The molecule has 6 rings (SSSR count). The molecule has 2 fully saturated rings. The number of carbonyl (C=O) groups excluding carboxylic acids is 3. The van der Waals surface area contributed by atoms with Crippen LogP contribution in [0.3, 0.4) is 0 Å². The first-order chi connectivity index (χ1) is 22.9. The van der Waals surface area contributed by atoms with E-state index in [2.05, 4.69) is 15.4 Å². The van der Waals surface area contributed by atoms with Gasteiger partial charge in [0.05, 0.1) is 16.6 Å². The lowest BCUT2D eigenvalue weighted by molar-refractivity contribution is -0.134. The highest BCUT2D eigenvalue weighted by Crippen LogP contribution is 2.31. The lowest BCUT2D eigenvalue weighted by atomic mass is 10.0. The SMILES string of the molecule is O=C(NCn1nc(Cc2ccc(F)c(C(=O)N3CCN(C(=O)C4CC4)CC3)c2)c2ccccc2c1=O)OCCSSc1ccccn1. The number of hydrogen-bond donors (Lipinski definition) is 1. The van der Waals surface area contributed by atoms with Crippen molar-refractivity contribution in [3.63, 3.8) is 0 Å². The van der Waals surface area contributed by atoms with Gasteiger partial charge in [-0.3, -0.25) is 14.4 Å². The van der Waals surface area contributed by atoms with Crippen molar-refractivity contribution in [1.29, 1.82) is 0 Å². The van der Waals surface area contributed by atoms with Crippen molar-refractivity contribution in [1.82, 2.24) is 29.9 Å². The number of carbonyl (C=O) groups is 3. The number of halogens is 1. The smallest absolute Gasteiger partial charge is 0.408 e. The Hall–Kier alpha value is -4.43. The molecule has 1 aliphatic heterocycles. The van der Waals surface area contributed by atoms with Crippen LogP contribution in [0.5, 0.6) is 0 Å². The fraction of sp³-hybridized carbons (Fsp3) is 0.333. The van der Waals surface area contributed by atoms with Crippen LogP contribution in [0.1, 0.15) is 34.5 Å². The lowest BCUT2D eigenvalue weighted by Gasteiger charge is -2.35. The fourth-order valence-electron chi connectivity index (χ4n) is 5.33. The number of nitrogens with zero attached hydrogens (tertiary/aromatic N) is 5. The number of rotatable bonds is 11. The molecule has 1 saturated heterocycles. The number of piperazine rings is 1. The Morgan fingerprint density at radius 1 is 0.957 bits per heavy atom. The van der Waals surface area contributed by atoms with E-state index >= 15 is 0 Å². The molecule has 4 aromatic rings. The molecule has 3 amide bonds. The fourth-order valence-corrected chi connectivity index (χ4v) is 7.03. The molecule has 0 bridgehead atoms. The molecule has 0 spiro atoms. The predicted molar refractivity (Wildman–Crippen MR) is 177 cm³/mol. The molecular weight excluding hydrogens is 644 g/mol. The van der Waals surface area contributed by atoms with E-state index in [0.29, 0.717) is 54.0 Å². The van der Waals surface area contributed by atoms with E-state index in [4.69, 9.17) is 4.74 Å². The number of fused-ring (bicyclic) bond motifs is 1. The zero-order valence-electron chi connectivity index (χ0n) is 25.5. The van der Waals surface area contributed by atoms with Crippen molar-refractivity contribution in [3.8, 4) is 0 Å². The van der Waals surface area contributed by atoms with Crippen LogP contribution >= 0.6 is 21.6 Å². The van der Waals surface area contributed by atoms with Gasteiger partial charge in [0.15, 0.2) is 0 Å². The molecule has 1 N–H and O–H groups in total. The summed E-state index contributed by atoms with van der Waals surface area (Å²) in [4.78, 5) is 58.9. The maximum absolute atomic E-state index is 15.0. The number of benzene rings is 2. The van der Waals surface area contributed by atoms with Gasteiger partial charge < -0.3 is 19.9 Å². The number of aromatic nitrogens is 3. The van der Waals surface area contributed by atoms with Crippen LogP contribution < -0.4 is 10.9 Å². The zero-order valence-corrected chi connectivity index (χ0v) is 27.1. The molecule has 2 aliphatic rings. The van der Waals surface area contributed by atoms with Crippen molar-refractivity contribution >= 4 is 50.3 Å². The van der Waals surface area contributed by atoms with Gasteiger partial charge in [0, 0.05) is 55.9 Å². The van der Waals surface area contributed by atoms with Gasteiger partial charge in [-0.05, 0) is 59.5 Å². The summed E-state index contributed by atoms with van der Waals surface area (Å²) in [6.07, 6.45) is 3.09. The molecule has 3 heterocycles. The Kier molecular flexibility index (Phi) is 10.4. The summed E-state index contributed by atoms with van der Waals surface area (Å²) in [5, 5.41) is 9.00. The second kappa shape index (κ2) is 15.0. The summed E-state index contributed by atoms with van der Waals surface area (Å²) in [6.45, 7) is 1.51. The summed E-state index contributed by atoms with van der Waals surface area (Å²) in [5.74, 6) is -0.251. The zero-order chi connectivity index (χ0) is 32.8. The topological polar surface area (TPSA) is 127 Å². The minimum absolute atomic E-state index is 0.0527. The molecule has 14 heteroatoms. The third kappa shape index (κ3) is 8.11. The number of nitrogens with one attached hydrogen (secondary N) is 1. The van der Waals surface area contributed by atoms with Gasteiger partial charge in [0.2, 0.25) is 5.91 Å². The normalized spacial score (nSPS) is 14.7. The van der Waals surface area contributed by atoms with Crippen LogP contribution in [-0.4, -0.2) is 81.0 Å². The Labute approximate surface area is 278 Å². The third-order valence-corrected chi connectivity index (χ3v) is 10.2. The van der Waals surface area contributed by atoms with Gasteiger partial charge in [-0.15, -0.1) is 0 Å². The summed E-state index contributed by atoms with van der Waals surface area (Å²) in [6, 6.07) is 17.0. The van der Waals surface area contributed by atoms with E-state index < -0.39 is 17.8 Å². The van der Waals surface area contributed by atoms with Gasteiger partial charge >= 0.3 is 6.09 Å². The van der Waals surface area contributed by atoms with E-state index in [1.165, 1.54) is 33.7 Å². The minimum Gasteiger partial charge on any atom is -0.449 e. The van der Waals surface area contributed by atoms with Crippen LogP contribution in [0.15, 0.2) is 76.7 Å². The molecule has 2 aromatic carbocycles. The first kappa shape index (κ1) is 32.5. The van der Waals surface area contributed by atoms with Crippen LogP contribution in [-0.2, 0) is 22.6 Å². The van der Waals surface area contributed by atoms with E-state index in [0.717, 1.165) is 22.5 Å². The molecule has 1 saturated carbocycles. The van der Waals surface area contributed by atoms with Gasteiger partial charge in [0.25, 0.3) is 11.5 Å². The molecule has 47 heavy (non-hydrogen) atoms. The molecule has 0 radical (unpaired) electrons. The van der Waals surface area contributed by atoms with Crippen LogP contribution in [0.2, 0.25) is 0 Å². The van der Waals surface area contributed by atoms with Gasteiger partial charge in [-0.2, -0.15) is 5.10 Å². The van der Waals surface area contributed by atoms with E-state index in [1.807, 2.05) is 18.2 Å². The molecule has 2 aromatic heterocycles. The Morgan fingerprint density at radius 3 is 2.45 bits per heavy atom. The van der Waals surface area contributed by atoms with Crippen molar-refractivity contribution in [3.05, 3.63) is 99.9 Å². The summed E-state index contributed by atoms with van der Waals surface area (Å²) in [7, 11) is 2.99. The number of amides is 3. The second-order valence-electron chi connectivity index (χ2n) is 11.2. The van der Waals surface area contributed by atoms with Crippen molar-refractivity contribution < 1.29 is 23.5 Å². The molecule has 1 aliphatic carbocycles. The highest BCUT2D eigenvalue weighted by molar-refractivity contribution is 8.76. The predicted octanol–water partition coefficient (Wildman–Crippen LogP) is 4.34. The summed E-state index contributed by atoms with van der Waals surface area (Å²) < 4.78 is 21.4.